The predicted molar refractivity (Wildman–Crippen MR) is 127 cm³/mol. The van der Waals surface area contributed by atoms with Crippen molar-refractivity contribution < 1.29 is 23.8 Å². The number of rotatable bonds is 7. The van der Waals surface area contributed by atoms with Crippen LogP contribution in [0.1, 0.15) is 55.0 Å². The highest BCUT2D eigenvalue weighted by Crippen LogP contribution is 2.48. The number of ether oxygens (including phenoxy) is 2. The molecule has 5 nitrogen and oxygen atoms in total. The van der Waals surface area contributed by atoms with Gasteiger partial charge < -0.3 is 14.6 Å². The van der Waals surface area contributed by atoms with Crippen LogP contribution in [0.5, 0.6) is 11.5 Å². The lowest BCUT2D eigenvalue weighted by Gasteiger charge is -2.28. The van der Waals surface area contributed by atoms with E-state index in [1.54, 1.807) is 32.4 Å². The van der Waals surface area contributed by atoms with E-state index >= 15 is 0 Å². The molecule has 176 valence electrons. The van der Waals surface area contributed by atoms with E-state index in [2.05, 4.69) is 17.1 Å². The van der Waals surface area contributed by atoms with Crippen LogP contribution in [-0.2, 0) is 11.2 Å². The standard InChI is InChI=1S/C28H28FNO4/c1-16(28(31)32)27(18-4-5-18)19-6-3-17-8-12-25(34-26(17)13-19)24-11-7-20(15-30-24)22-14-21(33-2)9-10-23(22)29/h3,6-7,9-11,13-16,18,25,27H,4-5,8,12H2,1-2H3,(H,31,32)/t16-,25?,27?/m1/s1. The monoisotopic (exact) mass is 461 g/mol. The van der Waals surface area contributed by atoms with Gasteiger partial charge in [0.2, 0.25) is 0 Å². The van der Waals surface area contributed by atoms with Gasteiger partial charge in [-0.3, -0.25) is 9.78 Å². The maximum Gasteiger partial charge on any atom is 0.306 e. The Balaban J connectivity index is 1.37. The topological polar surface area (TPSA) is 68.7 Å². The molecule has 1 saturated carbocycles. The van der Waals surface area contributed by atoms with E-state index < -0.39 is 11.9 Å². The molecule has 6 heteroatoms. The van der Waals surface area contributed by atoms with Crippen molar-refractivity contribution in [2.45, 2.75) is 44.6 Å². The van der Waals surface area contributed by atoms with Crippen LogP contribution in [0.3, 0.4) is 0 Å². The van der Waals surface area contributed by atoms with Gasteiger partial charge >= 0.3 is 5.97 Å². The van der Waals surface area contributed by atoms with Gasteiger partial charge in [-0.15, -0.1) is 0 Å². The fraction of sp³-hybridized carbons (Fsp3) is 0.357. The summed E-state index contributed by atoms with van der Waals surface area (Å²) in [5.41, 5.74) is 4.08. The lowest BCUT2D eigenvalue weighted by Crippen LogP contribution is -2.21. The number of nitrogens with zero attached hydrogens (tertiary/aromatic N) is 1. The molecule has 0 bridgehead atoms. The Labute approximate surface area is 198 Å². The largest absolute Gasteiger partial charge is 0.497 e. The molecule has 0 saturated heterocycles. The average Bonchev–Trinajstić information content (AvgIpc) is 3.69. The first-order valence-electron chi connectivity index (χ1n) is 11.8. The molecule has 1 N–H and O–H groups in total. The molecular formula is C28H28FNO4. The molecule has 1 aliphatic heterocycles. The minimum absolute atomic E-state index is 0.00180. The van der Waals surface area contributed by atoms with Crippen LogP contribution in [-0.4, -0.2) is 23.2 Å². The number of benzene rings is 2. The number of hydrogen-bond acceptors (Lipinski definition) is 4. The van der Waals surface area contributed by atoms with Crippen molar-refractivity contribution in [3.8, 4) is 22.6 Å². The minimum atomic E-state index is -0.759. The highest BCUT2D eigenvalue weighted by Gasteiger charge is 2.39. The van der Waals surface area contributed by atoms with Crippen LogP contribution in [0.15, 0.2) is 54.7 Å². The number of hydrogen-bond donors (Lipinski definition) is 1. The second-order valence-electron chi connectivity index (χ2n) is 9.32. The summed E-state index contributed by atoms with van der Waals surface area (Å²) in [5.74, 6) is 0.302. The maximum atomic E-state index is 14.3. The molecule has 2 aromatic carbocycles. The van der Waals surface area contributed by atoms with E-state index in [-0.39, 0.29) is 17.8 Å². The Hall–Kier alpha value is -3.41. The van der Waals surface area contributed by atoms with Gasteiger partial charge in [0, 0.05) is 17.3 Å². The molecule has 3 atom stereocenters. The Kier molecular flexibility index (Phi) is 5.98. The van der Waals surface area contributed by atoms with E-state index in [1.165, 1.54) is 6.07 Å². The third-order valence-electron chi connectivity index (χ3n) is 7.08. The van der Waals surface area contributed by atoms with Gasteiger partial charge in [-0.25, -0.2) is 4.39 Å². The molecule has 3 aromatic rings. The highest BCUT2D eigenvalue weighted by atomic mass is 19.1. The number of aryl methyl sites for hydroxylation is 1. The van der Waals surface area contributed by atoms with Crippen molar-refractivity contribution in [2.75, 3.05) is 7.11 Å². The van der Waals surface area contributed by atoms with Gasteiger partial charge in [0.25, 0.3) is 0 Å². The summed E-state index contributed by atoms with van der Waals surface area (Å²) in [4.78, 5) is 16.3. The number of methoxy groups -OCH3 is 1. The molecule has 34 heavy (non-hydrogen) atoms. The summed E-state index contributed by atoms with van der Waals surface area (Å²) in [6, 6.07) is 14.6. The summed E-state index contributed by atoms with van der Waals surface area (Å²) in [6.07, 6.45) is 5.27. The van der Waals surface area contributed by atoms with Gasteiger partial charge in [-0.1, -0.05) is 25.1 Å². The molecule has 0 spiro atoms. The summed E-state index contributed by atoms with van der Waals surface area (Å²) in [7, 11) is 1.55. The quantitative estimate of drug-likeness (QED) is 0.455. The second-order valence-corrected chi connectivity index (χ2v) is 9.32. The molecule has 2 heterocycles. The molecule has 1 fully saturated rings. The van der Waals surface area contributed by atoms with Crippen molar-refractivity contribution in [3.63, 3.8) is 0 Å². The van der Waals surface area contributed by atoms with Gasteiger partial charge in [0.15, 0.2) is 0 Å². The summed E-state index contributed by atoms with van der Waals surface area (Å²) < 4.78 is 25.9. The van der Waals surface area contributed by atoms with Crippen molar-refractivity contribution >= 4 is 5.97 Å². The minimum Gasteiger partial charge on any atom is -0.497 e. The lowest BCUT2D eigenvalue weighted by atomic mass is 9.82. The Morgan fingerprint density at radius 3 is 2.65 bits per heavy atom. The molecule has 1 aliphatic carbocycles. The first-order chi connectivity index (χ1) is 16.4. The molecule has 2 aliphatic rings. The zero-order valence-corrected chi connectivity index (χ0v) is 19.3. The van der Waals surface area contributed by atoms with Crippen LogP contribution >= 0.6 is 0 Å². The number of carboxylic acids is 1. The number of aliphatic carboxylic acids is 1. The number of carbonyl (C=O) groups is 1. The van der Waals surface area contributed by atoms with Crippen molar-refractivity contribution in [1.29, 1.82) is 0 Å². The van der Waals surface area contributed by atoms with Gasteiger partial charge in [0.05, 0.1) is 18.7 Å². The fourth-order valence-corrected chi connectivity index (χ4v) is 4.99. The summed E-state index contributed by atoms with van der Waals surface area (Å²) >= 11 is 0. The molecule has 5 rings (SSSR count). The SMILES string of the molecule is COc1ccc(F)c(-c2ccc(C3CCc4ccc(C(C5CC5)[C@@H](C)C(=O)O)cc4O3)nc2)c1. The maximum absolute atomic E-state index is 14.3. The van der Waals surface area contributed by atoms with Crippen molar-refractivity contribution in [3.05, 3.63) is 77.4 Å². The van der Waals surface area contributed by atoms with E-state index in [0.29, 0.717) is 22.8 Å². The van der Waals surface area contributed by atoms with Crippen LogP contribution < -0.4 is 9.47 Å². The fourth-order valence-electron chi connectivity index (χ4n) is 4.99. The van der Waals surface area contributed by atoms with Gasteiger partial charge in [0.1, 0.15) is 23.4 Å². The number of pyridine rings is 1. The van der Waals surface area contributed by atoms with Crippen molar-refractivity contribution in [1.82, 2.24) is 4.98 Å². The Bertz CT molecular complexity index is 1210. The molecule has 1 aromatic heterocycles. The van der Waals surface area contributed by atoms with E-state index in [9.17, 15) is 14.3 Å². The predicted octanol–water partition coefficient (Wildman–Crippen LogP) is 6.18. The normalized spacial score (nSPS) is 19.0. The molecule has 0 radical (unpaired) electrons. The van der Waals surface area contributed by atoms with Crippen LogP contribution in [0, 0.1) is 17.7 Å². The van der Waals surface area contributed by atoms with Crippen LogP contribution in [0.25, 0.3) is 11.1 Å². The zero-order chi connectivity index (χ0) is 23.8. The Morgan fingerprint density at radius 2 is 1.97 bits per heavy atom. The third-order valence-corrected chi connectivity index (χ3v) is 7.08. The summed E-state index contributed by atoms with van der Waals surface area (Å²) in [5, 5.41) is 9.60. The van der Waals surface area contributed by atoms with Crippen LogP contribution in [0.4, 0.5) is 4.39 Å². The van der Waals surface area contributed by atoms with Crippen molar-refractivity contribution in [2.24, 2.45) is 11.8 Å². The van der Waals surface area contributed by atoms with E-state index in [0.717, 1.165) is 48.3 Å². The first kappa shape index (κ1) is 22.4. The number of aromatic nitrogens is 1. The number of carboxylic acid groups (broad SMARTS) is 1. The summed E-state index contributed by atoms with van der Waals surface area (Å²) in [6.45, 7) is 1.80. The Morgan fingerprint density at radius 1 is 1.15 bits per heavy atom. The van der Waals surface area contributed by atoms with Crippen LogP contribution in [0.2, 0.25) is 0 Å². The lowest BCUT2D eigenvalue weighted by molar-refractivity contribution is -0.142. The highest BCUT2D eigenvalue weighted by molar-refractivity contribution is 5.71. The molecular weight excluding hydrogens is 433 g/mol. The average molecular weight is 462 g/mol. The van der Waals surface area contributed by atoms with Gasteiger partial charge in [-0.05, 0) is 79.0 Å². The smallest absolute Gasteiger partial charge is 0.306 e. The van der Waals surface area contributed by atoms with Gasteiger partial charge in [-0.2, -0.15) is 0 Å². The number of fused-ring (bicyclic) bond motifs is 1. The van der Waals surface area contributed by atoms with E-state index in [1.807, 2.05) is 18.2 Å². The third kappa shape index (κ3) is 4.37. The first-order valence-corrected chi connectivity index (χ1v) is 11.8. The molecule has 0 amide bonds. The zero-order valence-electron chi connectivity index (χ0n) is 19.3. The number of halogens is 1. The second kappa shape index (κ2) is 9.09. The molecule has 2 unspecified atom stereocenters. The van der Waals surface area contributed by atoms with E-state index in [4.69, 9.17) is 9.47 Å².